The van der Waals surface area contributed by atoms with Crippen LogP contribution >= 0.6 is 0 Å². The lowest BCUT2D eigenvalue weighted by Crippen LogP contribution is -2.31. The first-order valence-corrected chi connectivity index (χ1v) is 6.01. The van der Waals surface area contributed by atoms with E-state index in [1.807, 2.05) is 24.7 Å². The fourth-order valence-corrected chi connectivity index (χ4v) is 1.90. The number of nitrogens with one attached hydrogen (secondary N) is 1. The molecule has 0 amide bonds. The van der Waals surface area contributed by atoms with E-state index < -0.39 is 0 Å². The van der Waals surface area contributed by atoms with Gasteiger partial charge in [0.2, 0.25) is 0 Å². The highest BCUT2D eigenvalue weighted by molar-refractivity contribution is 5.10. The maximum Gasteiger partial charge on any atom is 0.0596 e. The molecule has 1 rings (SSSR count). The van der Waals surface area contributed by atoms with E-state index in [9.17, 15) is 0 Å². The topological polar surface area (TPSA) is 29.9 Å². The number of rotatable bonds is 7. The smallest absolute Gasteiger partial charge is 0.0596 e. The second-order valence-electron chi connectivity index (χ2n) is 4.28. The highest BCUT2D eigenvalue weighted by atomic mass is 15.3. The van der Waals surface area contributed by atoms with Crippen LogP contribution in [-0.4, -0.2) is 22.4 Å². The van der Waals surface area contributed by atoms with Gasteiger partial charge in [-0.25, -0.2) is 0 Å². The third kappa shape index (κ3) is 3.81. The van der Waals surface area contributed by atoms with Crippen molar-refractivity contribution in [1.82, 2.24) is 15.1 Å². The molecule has 0 aliphatic heterocycles. The zero-order valence-electron chi connectivity index (χ0n) is 10.7. The Bertz CT molecular complexity index is 328. The van der Waals surface area contributed by atoms with E-state index in [2.05, 4.69) is 30.0 Å². The van der Waals surface area contributed by atoms with Crippen LogP contribution < -0.4 is 5.32 Å². The van der Waals surface area contributed by atoms with Gasteiger partial charge in [-0.2, -0.15) is 5.10 Å². The molecule has 0 aliphatic carbocycles. The summed E-state index contributed by atoms with van der Waals surface area (Å²) in [5.74, 6) is 0. The molecule has 1 N–H and O–H groups in total. The van der Waals surface area contributed by atoms with Crippen LogP contribution in [0.2, 0.25) is 0 Å². The van der Waals surface area contributed by atoms with E-state index in [1.54, 1.807) is 0 Å². The lowest BCUT2D eigenvalue weighted by atomic mass is 10.1. The summed E-state index contributed by atoms with van der Waals surface area (Å²) in [5.41, 5.74) is 2.37. The molecule has 1 aromatic rings. The zero-order chi connectivity index (χ0) is 12.0. The maximum atomic E-state index is 4.37. The summed E-state index contributed by atoms with van der Waals surface area (Å²) in [4.78, 5) is 0. The van der Waals surface area contributed by atoms with Crippen LogP contribution in [0.1, 0.15) is 31.2 Å². The Kier molecular flexibility index (Phi) is 5.26. The van der Waals surface area contributed by atoms with Crippen molar-refractivity contribution in [2.75, 3.05) is 6.54 Å². The summed E-state index contributed by atoms with van der Waals surface area (Å²) in [5, 5.41) is 7.91. The lowest BCUT2D eigenvalue weighted by molar-refractivity contribution is 0.497. The van der Waals surface area contributed by atoms with E-state index in [-0.39, 0.29) is 0 Å². The molecule has 0 spiro atoms. The molecule has 3 nitrogen and oxygen atoms in total. The van der Waals surface area contributed by atoms with Crippen molar-refractivity contribution in [2.45, 2.75) is 39.2 Å². The van der Waals surface area contributed by atoms with Gasteiger partial charge in [0.1, 0.15) is 0 Å². The largest absolute Gasteiger partial charge is 0.313 e. The minimum absolute atomic E-state index is 0.479. The van der Waals surface area contributed by atoms with E-state index >= 15 is 0 Å². The Hall–Kier alpha value is -1.09. The molecule has 1 atom stereocenters. The first-order valence-electron chi connectivity index (χ1n) is 6.01. The molecule has 16 heavy (non-hydrogen) atoms. The van der Waals surface area contributed by atoms with Crippen molar-refractivity contribution >= 4 is 0 Å². The van der Waals surface area contributed by atoms with Crippen LogP contribution in [0, 0.1) is 6.92 Å². The predicted octanol–water partition coefficient (Wildman–Crippen LogP) is 2.22. The molecule has 1 unspecified atom stereocenters. The fraction of sp³-hybridized carbons (Fsp3) is 0.615. The minimum atomic E-state index is 0.479. The van der Waals surface area contributed by atoms with Gasteiger partial charge in [-0.05, 0) is 32.4 Å². The van der Waals surface area contributed by atoms with Gasteiger partial charge in [-0.15, -0.1) is 6.58 Å². The minimum Gasteiger partial charge on any atom is -0.313 e. The number of hydrogen-bond donors (Lipinski definition) is 1. The van der Waals surface area contributed by atoms with Crippen molar-refractivity contribution in [3.63, 3.8) is 0 Å². The fourth-order valence-electron chi connectivity index (χ4n) is 1.90. The van der Waals surface area contributed by atoms with Crippen LogP contribution in [0.4, 0.5) is 0 Å². The molecule has 0 radical (unpaired) electrons. The van der Waals surface area contributed by atoms with Gasteiger partial charge >= 0.3 is 0 Å². The Morgan fingerprint density at radius 1 is 1.62 bits per heavy atom. The van der Waals surface area contributed by atoms with E-state index in [4.69, 9.17) is 0 Å². The molecule has 0 aliphatic rings. The highest BCUT2D eigenvalue weighted by Crippen LogP contribution is 2.08. The molecular formula is C13H23N3. The summed E-state index contributed by atoms with van der Waals surface area (Å²) in [7, 11) is 2.01. The van der Waals surface area contributed by atoms with Gasteiger partial charge in [0.05, 0.1) is 5.69 Å². The van der Waals surface area contributed by atoms with E-state index in [1.165, 1.54) is 5.69 Å². The summed E-state index contributed by atoms with van der Waals surface area (Å²) < 4.78 is 1.97. The average molecular weight is 221 g/mol. The molecule has 0 saturated heterocycles. The Morgan fingerprint density at radius 3 is 2.88 bits per heavy atom. The summed E-state index contributed by atoms with van der Waals surface area (Å²) in [6.07, 6.45) is 5.17. The summed E-state index contributed by atoms with van der Waals surface area (Å²) in [6, 6.07) is 2.64. The Labute approximate surface area is 98.5 Å². The molecule has 1 aromatic heterocycles. The van der Waals surface area contributed by atoms with Crippen LogP contribution in [-0.2, 0) is 13.5 Å². The third-order valence-corrected chi connectivity index (χ3v) is 2.69. The van der Waals surface area contributed by atoms with Gasteiger partial charge in [-0.3, -0.25) is 4.68 Å². The van der Waals surface area contributed by atoms with Gasteiger partial charge in [0.15, 0.2) is 0 Å². The van der Waals surface area contributed by atoms with Crippen LogP contribution in [0.5, 0.6) is 0 Å². The van der Waals surface area contributed by atoms with Crippen molar-refractivity contribution in [3.05, 3.63) is 30.1 Å². The lowest BCUT2D eigenvalue weighted by Gasteiger charge is -2.16. The molecule has 0 aromatic carbocycles. The molecule has 1 heterocycles. The standard InChI is InChI=1S/C13H23N3/c1-5-7-12(14-8-6-2)10-13-9-11(3)15-16(13)4/h5,9,12,14H,1,6-8,10H2,2-4H3. The summed E-state index contributed by atoms with van der Waals surface area (Å²) in [6.45, 7) is 9.10. The molecule has 90 valence electrons. The van der Waals surface area contributed by atoms with Crippen molar-refractivity contribution in [1.29, 1.82) is 0 Å². The van der Waals surface area contributed by atoms with Crippen LogP contribution in [0.3, 0.4) is 0 Å². The first kappa shape index (κ1) is 13.0. The molecule has 0 bridgehead atoms. The van der Waals surface area contributed by atoms with Gasteiger partial charge < -0.3 is 5.32 Å². The predicted molar refractivity (Wildman–Crippen MR) is 68.5 cm³/mol. The monoisotopic (exact) mass is 221 g/mol. The van der Waals surface area contributed by atoms with Crippen molar-refractivity contribution in [2.24, 2.45) is 7.05 Å². The highest BCUT2D eigenvalue weighted by Gasteiger charge is 2.10. The average Bonchev–Trinajstić information content (AvgIpc) is 2.54. The Morgan fingerprint density at radius 2 is 2.38 bits per heavy atom. The van der Waals surface area contributed by atoms with Gasteiger partial charge in [-0.1, -0.05) is 13.0 Å². The Balaban J connectivity index is 2.59. The molecule has 0 fully saturated rings. The van der Waals surface area contributed by atoms with Crippen LogP contribution in [0.25, 0.3) is 0 Å². The molecule has 3 heteroatoms. The maximum absolute atomic E-state index is 4.37. The van der Waals surface area contributed by atoms with Crippen LogP contribution in [0.15, 0.2) is 18.7 Å². The van der Waals surface area contributed by atoms with E-state index in [0.29, 0.717) is 6.04 Å². The SMILES string of the molecule is C=CCC(Cc1cc(C)nn1C)NCCC. The first-order chi connectivity index (χ1) is 7.67. The normalized spacial score (nSPS) is 12.7. The van der Waals surface area contributed by atoms with Crippen molar-refractivity contribution < 1.29 is 0 Å². The third-order valence-electron chi connectivity index (χ3n) is 2.69. The second kappa shape index (κ2) is 6.48. The van der Waals surface area contributed by atoms with Gasteiger partial charge in [0, 0.05) is 25.2 Å². The number of aromatic nitrogens is 2. The second-order valence-corrected chi connectivity index (χ2v) is 4.28. The number of hydrogen-bond acceptors (Lipinski definition) is 2. The summed E-state index contributed by atoms with van der Waals surface area (Å²) >= 11 is 0. The quantitative estimate of drug-likeness (QED) is 0.715. The molecular weight excluding hydrogens is 198 g/mol. The van der Waals surface area contributed by atoms with Crippen molar-refractivity contribution in [3.8, 4) is 0 Å². The van der Waals surface area contributed by atoms with Gasteiger partial charge in [0.25, 0.3) is 0 Å². The molecule has 0 saturated carbocycles. The zero-order valence-corrected chi connectivity index (χ0v) is 10.7. The number of aryl methyl sites for hydroxylation is 2. The van der Waals surface area contributed by atoms with E-state index in [0.717, 1.165) is 31.5 Å². The number of nitrogens with zero attached hydrogens (tertiary/aromatic N) is 2.